The second-order valence-corrected chi connectivity index (χ2v) is 4.07. The highest BCUT2D eigenvalue weighted by Crippen LogP contribution is 2.27. The molecule has 1 N–H and O–H groups in total. The lowest BCUT2D eigenvalue weighted by atomic mass is 10.2. The van der Waals surface area contributed by atoms with Gasteiger partial charge in [0.05, 0.1) is 7.11 Å². The molecule has 2 aromatic rings. The molecule has 0 bridgehead atoms. The minimum atomic E-state index is -0.887. The number of aliphatic hydroxyl groups is 1. The number of methoxy groups -OCH3 is 1. The van der Waals surface area contributed by atoms with Crippen molar-refractivity contribution in [2.75, 3.05) is 7.11 Å². The molecule has 0 aliphatic carbocycles. The first-order valence-corrected chi connectivity index (χ1v) is 5.55. The molecule has 0 radical (unpaired) electrons. The van der Waals surface area contributed by atoms with Crippen molar-refractivity contribution < 1.29 is 9.84 Å². The minimum Gasteiger partial charge on any atom is -0.480 e. The van der Waals surface area contributed by atoms with E-state index < -0.39 is 6.10 Å². The van der Waals surface area contributed by atoms with Crippen LogP contribution >= 0.6 is 11.3 Å². The van der Waals surface area contributed by atoms with Gasteiger partial charge in [-0.05, 0) is 6.92 Å². The fourth-order valence-corrected chi connectivity index (χ4v) is 2.08. The third-order valence-corrected chi connectivity index (χ3v) is 3.03. The molecule has 1 unspecified atom stereocenters. The first-order valence-electron chi connectivity index (χ1n) is 4.67. The molecular weight excluding hydrogens is 226 g/mol. The summed E-state index contributed by atoms with van der Waals surface area (Å²) in [5.74, 6) is 0.322. The molecule has 0 saturated carbocycles. The number of hydrogen-bond acceptors (Lipinski definition) is 6. The van der Waals surface area contributed by atoms with E-state index in [0.717, 1.165) is 5.69 Å². The second kappa shape index (κ2) is 4.54. The predicted molar refractivity (Wildman–Crippen MR) is 59.5 cm³/mol. The molecule has 84 valence electrons. The monoisotopic (exact) mass is 237 g/mol. The first kappa shape index (κ1) is 11.0. The zero-order valence-corrected chi connectivity index (χ0v) is 9.73. The van der Waals surface area contributed by atoms with E-state index in [1.807, 2.05) is 12.3 Å². The lowest BCUT2D eigenvalue weighted by Gasteiger charge is -2.09. The van der Waals surface area contributed by atoms with Crippen LogP contribution in [0.25, 0.3) is 0 Å². The Kier molecular flexibility index (Phi) is 3.12. The molecule has 0 aromatic carbocycles. The van der Waals surface area contributed by atoms with Gasteiger partial charge < -0.3 is 9.84 Å². The molecule has 0 aliphatic heterocycles. The number of rotatable bonds is 3. The van der Waals surface area contributed by atoms with Gasteiger partial charge in [0.25, 0.3) is 0 Å². The van der Waals surface area contributed by atoms with E-state index >= 15 is 0 Å². The second-order valence-electron chi connectivity index (χ2n) is 3.18. The summed E-state index contributed by atoms with van der Waals surface area (Å²) in [7, 11) is 1.49. The van der Waals surface area contributed by atoms with Gasteiger partial charge in [-0.3, -0.25) is 4.98 Å². The Morgan fingerprint density at radius 1 is 1.38 bits per heavy atom. The summed E-state index contributed by atoms with van der Waals surface area (Å²) in [6, 6.07) is 0. The molecule has 0 fully saturated rings. The van der Waals surface area contributed by atoms with Gasteiger partial charge in [-0.2, -0.15) is 0 Å². The summed E-state index contributed by atoms with van der Waals surface area (Å²) >= 11 is 1.39. The van der Waals surface area contributed by atoms with Crippen molar-refractivity contribution >= 4 is 11.3 Å². The maximum atomic E-state index is 10.1. The third kappa shape index (κ3) is 2.02. The SMILES string of the molecule is COc1nccnc1C(O)c1nc(C)cs1. The number of ether oxygens (including phenoxy) is 1. The molecule has 0 aliphatic rings. The van der Waals surface area contributed by atoms with E-state index in [9.17, 15) is 5.11 Å². The van der Waals surface area contributed by atoms with E-state index in [-0.39, 0.29) is 0 Å². The van der Waals surface area contributed by atoms with E-state index in [4.69, 9.17) is 4.74 Å². The number of thiazole rings is 1. The van der Waals surface area contributed by atoms with Crippen LogP contribution in [-0.4, -0.2) is 27.2 Å². The molecule has 16 heavy (non-hydrogen) atoms. The zero-order chi connectivity index (χ0) is 11.5. The number of nitrogens with zero attached hydrogens (tertiary/aromatic N) is 3. The van der Waals surface area contributed by atoms with E-state index in [1.54, 1.807) is 0 Å². The molecule has 6 heteroatoms. The molecule has 2 rings (SSSR count). The average molecular weight is 237 g/mol. The number of aryl methyl sites for hydroxylation is 1. The van der Waals surface area contributed by atoms with Crippen molar-refractivity contribution in [1.29, 1.82) is 0 Å². The van der Waals surface area contributed by atoms with Crippen molar-refractivity contribution in [3.05, 3.63) is 34.2 Å². The number of aromatic nitrogens is 3. The van der Waals surface area contributed by atoms with Gasteiger partial charge in [0.2, 0.25) is 5.88 Å². The highest BCUT2D eigenvalue weighted by molar-refractivity contribution is 7.09. The maximum Gasteiger partial charge on any atom is 0.238 e. The van der Waals surface area contributed by atoms with Crippen molar-refractivity contribution in [1.82, 2.24) is 15.0 Å². The zero-order valence-electron chi connectivity index (χ0n) is 8.91. The van der Waals surface area contributed by atoms with Gasteiger partial charge >= 0.3 is 0 Å². The van der Waals surface area contributed by atoms with Gasteiger partial charge in [-0.25, -0.2) is 9.97 Å². The largest absolute Gasteiger partial charge is 0.480 e. The van der Waals surface area contributed by atoms with Gasteiger partial charge in [0.15, 0.2) is 6.10 Å². The lowest BCUT2D eigenvalue weighted by molar-refractivity contribution is 0.207. The van der Waals surface area contributed by atoms with Gasteiger partial charge in [-0.15, -0.1) is 11.3 Å². The standard InChI is InChI=1S/C10H11N3O2S/c1-6-5-16-10(13-6)8(14)7-9(15-2)12-4-3-11-7/h3-5,8,14H,1-2H3. The summed E-state index contributed by atoms with van der Waals surface area (Å²) in [5.41, 5.74) is 1.27. The maximum absolute atomic E-state index is 10.1. The topological polar surface area (TPSA) is 68.1 Å². The molecule has 0 saturated heterocycles. The smallest absolute Gasteiger partial charge is 0.238 e. The van der Waals surface area contributed by atoms with Gasteiger partial charge in [0.1, 0.15) is 10.7 Å². The van der Waals surface area contributed by atoms with Crippen molar-refractivity contribution in [2.45, 2.75) is 13.0 Å². The Bertz CT molecular complexity index is 486. The number of hydrogen-bond donors (Lipinski definition) is 1. The summed E-state index contributed by atoms with van der Waals surface area (Å²) < 4.78 is 5.04. The summed E-state index contributed by atoms with van der Waals surface area (Å²) in [4.78, 5) is 12.3. The summed E-state index contributed by atoms with van der Waals surface area (Å²) in [5, 5.41) is 12.6. The molecule has 2 heterocycles. The van der Waals surface area contributed by atoms with Crippen LogP contribution in [-0.2, 0) is 0 Å². The van der Waals surface area contributed by atoms with Crippen LogP contribution in [0.2, 0.25) is 0 Å². The van der Waals surface area contributed by atoms with Crippen LogP contribution in [0.5, 0.6) is 5.88 Å². The van der Waals surface area contributed by atoms with Gasteiger partial charge in [0, 0.05) is 23.5 Å². The Morgan fingerprint density at radius 2 is 2.12 bits per heavy atom. The Morgan fingerprint density at radius 3 is 2.75 bits per heavy atom. The Balaban J connectivity index is 2.36. The van der Waals surface area contributed by atoms with Crippen molar-refractivity contribution in [3.63, 3.8) is 0 Å². The quantitative estimate of drug-likeness (QED) is 0.872. The van der Waals surface area contributed by atoms with E-state index in [2.05, 4.69) is 15.0 Å². The molecule has 1 atom stereocenters. The minimum absolute atomic E-state index is 0.322. The van der Waals surface area contributed by atoms with Crippen LogP contribution in [0.1, 0.15) is 22.5 Å². The van der Waals surface area contributed by atoms with Crippen LogP contribution < -0.4 is 4.74 Å². The van der Waals surface area contributed by atoms with Crippen LogP contribution in [0.4, 0.5) is 0 Å². The van der Waals surface area contributed by atoms with Crippen LogP contribution in [0.3, 0.4) is 0 Å². The average Bonchev–Trinajstić information content (AvgIpc) is 2.75. The summed E-state index contributed by atoms with van der Waals surface area (Å²) in [6.45, 7) is 1.88. The fourth-order valence-electron chi connectivity index (χ4n) is 1.30. The summed E-state index contributed by atoms with van der Waals surface area (Å²) in [6.07, 6.45) is 2.14. The molecule has 0 amide bonds. The molecule has 0 spiro atoms. The lowest BCUT2D eigenvalue weighted by Crippen LogP contribution is -2.05. The Labute approximate surface area is 96.8 Å². The van der Waals surface area contributed by atoms with Crippen LogP contribution in [0.15, 0.2) is 17.8 Å². The van der Waals surface area contributed by atoms with E-state index in [0.29, 0.717) is 16.6 Å². The van der Waals surface area contributed by atoms with Crippen molar-refractivity contribution in [3.8, 4) is 5.88 Å². The normalized spacial score (nSPS) is 12.4. The number of aliphatic hydroxyl groups excluding tert-OH is 1. The third-order valence-electron chi connectivity index (χ3n) is 2.01. The highest BCUT2D eigenvalue weighted by atomic mass is 32.1. The van der Waals surface area contributed by atoms with Gasteiger partial charge in [-0.1, -0.05) is 0 Å². The predicted octanol–water partition coefficient (Wildman–Crippen LogP) is 1.33. The van der Waals surface area contributed by atoms with Crippen molar-refractivity contribution in [2.24, 2.45) is 0 Å². The molecular formula is C10H11N3O2S. The molecule has 5 nitrogen and oxygen atoms in total. The molecule has 2 aromatic heterocycles. The first-order chi connectivity index (χ1) is 7.72. The Hall–Kier alpha value is -1.53. The van der Waals surface area contributed by atoms with Crippen LogP contribution in [0, 0.1) is 6.92 Å². The fraction of sp³-hybridized carbons (Fsp3) is 0.300. The highest BCUT2D eigenvalue weighted by Gasteiger charge is 2.20. The van der Waals surface area contributed by atoms with E-state index in [1.165, 1.54) is 30.8 Å².